The number of amides is 1. The van der Waals surface area contributed by atoms with Gasteiger partial charge in [-0.15, -0.1) is 0 Å². The lowest BCUT2D eigenvalue weighted by Crippen LogP contribution is -2.64. The summed E-state index contributed by atoms with van der Waals surface area (Å²) in [6, 6.07) is 3.78. The number of nitrogens with zero attached hydrogens (tertiary/aromatic N) is 1. The molecule has 1 saturated carbocycles. The first-order valence-electron chi connectivity index (χ1n) is 8.08. The van der Waals surface area contributed by atoms with Crippen molar-refractivity contribution in [3.63, 3.8) is 0 Å². The van der Waals surface area contributed by atoms with Crippen molar-refractivity contribution >= 4 is 6.09 Å². The maximum Gasteiger partial charge on any atom is 0.410 e. The lowest BCUT2D eigenvalue weighted by molar-refractivity contribution is -0.0948. The molecule has 126 valence electrons. The molecule has 0 unspecified atom stereocenters. The molecule has 1 amide bonds. The zero-order valence-corrected chi connectivity index (χ0v) is 13.9. The summed E-state index contributed by atoms with van der Waals surface area (Å²) in [7, 11) is 0. The molecule has 3 nitrogen and oxygen atoms in total. The Kier molecular flexibility index (Phi) is 3.85. The fourth-order valence-corrected chi connectivity index (χ4v) is 3.78. The molecule has 5 heteroatoms. The van der Waals surface area contributed by atoms with Crippen LogP contribution in [0.25, 0.3) is 0 Å². The van der Waals surface area contributed by atoms with Crippen molar-refractivity contribution < 1.29 is 18.3 Å². The van der Waals surface area contributed by atoms with Crippen LogP contribution in [0.1, 0.15) is 39.2 Å². The lowest BCUT2D eigenvalue weighted by Gasteiger charge is -2.59. The first kappa shape index (κ1) is 16.2. The Labute approximate surface area is 135 Å². The Balaban J connectivity index is 1.46. The molecule has 0 aromatic heterocycles. The van der Waals surface area contributed by atoms with Crippen LogP contribution in [0.5, 0.6) is 0 Å². The van der Waals surface area contributed by atoms with Crippen LogP contribution in [-0.2, 0) is 11.2 Å². The van der Waals surface area contributed by atoms with E-state index >= 15 is 0 Å². The highest BCUT2D eigenvalue weighted by Gasteiger charge is 2.54. The number of hydrogen-bond acceptors (Lipinski definition) is 2. The standard InChI is InChI=1S/C18H23F2NO2/c1-17(2,3)23-16(22)21-10-18(11-21)8-12(9-18)6-13-4-5-14(19)7-15(13)20/h4-5,7,12H,6,8-11H2,1-3H3. The molecule has 0 N–H and O–H groups in total. The van der Waals surface area contributed by atoms with Crippen molar-refractivity contribution in [3.8, 4) is 0 Å². The van der Waals surface area contributed by atoms with Gasteiger partial charge in [0.1, 0.15) is 17.2 Å². The van der Waals surface area contributed by atoms with E-state index in [2.05, 4.69) is 0 Å². The summed E-state index contributed by atoms with van der Waals surface area (Å²) in [5.74, 6) is -0.589. The van der Waals surface area contributed by atoms with Gasteiger partial charge in [-0.1, -0.05) is 6.07 Å². The summed E-state index contributed by atoms with van der Waals surface area (Å²) in [5, 5.41) is 0. The second-order valence-electron chi connectivity index (χ2n) is 8.05. The van der Waals surface area contributed by atoms with Crippen LogP contribution >= 0.6 is 0 Å². The average molecular weight is 323 g/mol. The van der Waals surface area contributed by atoms with E-state index < -0.39 is 17.2 Å². The molecule has 0 radical (unpaired) electrons. The van der Waals surface area contributed by atoms with Gasteiger partial charge in [0.15, 0.2) is 0 Å². The molecule has 1 heterocycles. The highest BCUT2D eigenvalue weighted by Crippen LogP contribution is 2.53. The zero-order chi connectivity index (χ0) is 16.8. The number of hydrogen-bond donors (Lipinski definition) is 0. The normalized spacial score (nSPS) is 20.1. The fourth-order valence-electron chi connectivity index (χ4n) is 3.78. The Bertz CT molecular complexity index is 610. The first-order valence-corrected chi connectivity index (χ1v) is 8.08. The molecular weight excluding hydrogens is 300 g/mol. The monoisotopic (exact) mass is 323 g/mol. The minimum Gasteiger partial charge on any atom is -0.444 e. The Morgan fingerprint density at radius 1 is 1.30 bits per heavy atom. The van der Waals surface area contributed by atoms with Gasteiger partial charge in [-0.25, -0.2) is 13.6 Å². The Morgan fingerprint density at radius 2 is 1.96 bits per heavy atom. The summed E-state index contributed by atoms with van der Waals surface area (Å²) in [4.78, 5) is 13.7. The van der Waals surface area contributed by atoms with E-state index in [-0.39, 0.29) is 11.5 Å². The maximum atomic E-state index is 13.7. The number of carbonyl (C=O) groups excluding carboxylic acids is 1. The SMILES string of the molecule is CC(C)(C)OC(=O)N1CC2(CC(Cc3ccc(F)cc3F)C2)C1. The van der Waals surface area contributed by atoms with Crippen LogP contribution in [0, 0.1) is 23.0 Å². The van der Waals surface area contributed by atoms with Crippen LogP contribution in [-0.4, -0.2) is 29.7 Å². The van der Waals surface area contributed by atoms with Crippen LogP contribution in [0.15, 0.2) is 18.2 Å². The van der Waals surface area contributed by atoms with Gasteiger partial charge in [-0.3, -0.25) is 0 Å². The molecule has 23 heavy (non-hydrogen) atoms. The van der Waals surface area contributed by atoms with Crippen LogP contribution < -0.4 is 0 Å². The van der Waals surface area contributed by atoms with E-state index in [9.17, 15) is 13.6 Å². The molecule has 2 fully saturated rings. The van der Waals surface area contributed by atoms with Gasteiger partial charge < -0.3 is 9.64 Å². The van der Waals surface area contributed by atoms with Gasteiger partial charge >= 0.3 is 6.09 Å². The predicted molar refractivity (Wildman–Crippen MR) is 83.0 cm³/mol. The Hall–Kier alpha value is -1.65. The summed E-state index contributed by atoms with van der Waals surface area (Å²) in [6.07, 6.45) is 2.36. The predicted octanol–water partition coefficient (Wildman–Crippen LogP) is 4.15. The summed E-state index contributed by atoms with van der Waals surface area (Å²) < 4.78 is 31.9. The summed E-state index contributed by atoms with van der Waals surface area (Å²) in [6.45, 7) is 7.03. The molecule has 0 atom stereocenters. The van der Waals surface area contributed by atoms with Crippen molar-refractivity contribution in [2.24, 2.45) is 11.3 Å². The average Bonchev–Trinajstić information content (AvgIpc) is 2.30. The molecule has 2 aliphatic rings. The number of carbonyl (C=O) groups is 1. The molecule has 1 saturated heterocycles. The van der Waals surface area contributed by atoms with Gasteiger partial charge in [-0.2, -0.15) is 0 Å². The van der Waals surface area contributed by atoms with E-state index in [1.165, 1.54) is 12.1 Å². The van der Waals surface area contributed by atoms with Crippen LogP contribution in [0.4, 0.5) is 13.6 Å². The molecule has 1 aromatic rings. The smallest absolute Gasteiger partial charge is 0.410 e. The van der Waals surface area contributed by atoms with Gasteiger partial charge in [0.25, 0.3) is 0 Å². The lowest BCUT2D eigenvalue weighted by atomic mass is 9.56. The van der Waals surface area contributed by atoms with E-state index in [0.717, 1.165) is 32.0 Å². The van der Waals surface area contributed by atoms with Crippen molar-refractivity contribution in [2.75, 3.05) is 13.1 Å². The van der Waals surface area contributed by atoms with E-state index in [0.29, 0.717) is 17.9 Å². The number of rotatable bonds is 2. The van der Waals surface area contributed by atoms with Gasteiger partial charge in [-0.05, 0) is 57.6 Å². The highest BCUT2D eigenvalue weighted by molar-refractivity contribution is 5.69. The fraction of sp³-hybridized carbons (Fsp3) is 0.611. The molecule has 1 aliphatic carbocycles. The number of benzene rings is 1. The van der Waals surface area contributed by atoms with Crippen molar-refractivity contribution in [2.45, 2.75) is 45.6 Å². The second-order valence-corrected chi connectivity index (χ2v) is 8.05. The third-order valence-electron chi connectivity index (χ3n) is 4.67. The molecule has 1 spiro atoms. The van der Waals surface area contributed by atoms with Gasteiger partial charge in [0.05, 0.1) is 0 Å². The van der Waals surface area contributed by atoms with Crippen molar-refractivity contribution in [3.05, 3.63) is 35.4 Å². The molecule has 1 aliphatic heterocycles. The first-order chi connectivity index (χ1) is 10.7. The zero-order valence-electron chi connectivity index (χ0n) is 13.9. The summed E-state index contributed by atoms with van der Waals surface area (Å²) in [5.41, 5.74) is 0.301. The second kappa shape index (κ2) is 5.46. The van der Waals surface area contributed by atoms with Gasteiger partial charge in [0, 0.05) is 24.6 Å². The molecular formula is C18H23F2NO2. The minimum atomic E-state index is -0.539. The highest BCUT2D eigenvalue weighted by atomic mass is 19.1. The van der Waals surface area contributed by atoms with Crippen LogP contribution in [0.2, 0.25) is 0 Å². The number of ether oxygens (including phenoxy) is 1. The van der Waals surface area contributed by atoms with Crippen LogP contribution in [0.3, 0.4) is 0 Å². The quantitative estimate of drug-likeness (QED) is 0.818. The number of likely N-dealkylation sites (tertiary alicyclic amines) is 1. The Morgan fingerprint density at radius 3 is 2.52 bits per heavy atom. The molecule has 0 bridgehead atoms. The topological polar surface area (TPSA) is 29.5 Å². The molecule has 3 rings (SSSR count). The third kappa shape index (κ3) is 3.48. The minimum absolute atomic E-state index is 0.193. The largest absolute Gasteiger partial charge is 0.444 e. The number of halogens is 2. The molecule has 1 aromatic carbocycles. The third-order valence-corrected chi connectivity index (χ3v) is 4.67. The van der Waals surface area contributed by atoms with Crippen molar-refractivity contribution in [1.29, 1.82) is 0 Å². The van der Waals surface area contributed by atoms with E-state index in [1.807, 2.05) is 20.8 Å². The van der Waals surface area contributed by atoms with Gasteiger partial charge in [0.2, 0.25) is 0 Å². The van der Waals surface area contributed by atoms with Crippen molar-refractivity contribution in [1.82, 2.24) is 4.90 Å². The summed E-state index contributed by atoms with van der Waals surface area (Å²) >= 11 is 0. The maximum absolute atomic E-state index is 13.7. The van der Waals surface area contributed by atoms with E-state index in [4.69, 9.17) is 4.74 Å². The van der Waals surface area contributed by atoms with E-state index in [1.54, 1.807) is 4.90 Å².